The maximum Gasteiger partial charge on any atom is 0.0112 e. The van der Waals surface area contributed by atoms with Crippen molar-refractivity contribution in [1.82, 2.24) is 0 Å². The molecule has 0 aliphatic heterocycles. The second-order valence-electron chi connectivity index (χ2n) is 2.64. The molecule has 0 heterocycles. The van der Waals surface area contributed by atoms with Gasteiger partial charge in [0.25, 0.3) is 0 Å². The zero-order chi connectivity index (χ0) is 7.33. The molecule has 1 radical (unpaired) electrons. The molecule has 0 aromatic rings. The fourth-order valence-corrected chi connectivity index (χ4v) is 0.772. The van der Waals surface area contributed by atoms with Crippen molar-refractivity contribution in [3.8, 4) is 5.92 Å². The van der Waals surface area contributed by atoms with Crippen LogP contribution in [0.25, 0.3) is 0 Å². The van der Waals surface area contributed by atoms with E-state index in [1.165, 1.54) is 0 Å². The van der Waals surface area contributed by atoms with E-state index in [2.05, 4.69) is 26.0 Å². The maximum atomic E-state index is 6.70. The largest absolute Gasteiger partial charge is 0.159 e. The van der Waals surface area contributed by atoms with Gasteiger partial charge in [0.15, 0.2) is 0 Å². The SMILES string of the molecule is [C]#CCCC(C)(C)SC. The average Bonchev–Trinajstić information content (AvgIpc) is 1.84. The Balaban J connectivity index is 3.48. The minimum Gasteiger partial charge on any atom is -0.159 e. The first-order valence-electron chi connectivity index (χ1n) is 3.07. The van der Waals surface area contributed by atoms with Gasteiger partial charge in [-0.3, -0.25) is 0 Å². The lowest BCUT2D eigenvalue weighted by Crippen LogP contribution is -2.12. The van der Waals surface area contributed by atoms with E-state index in [1.807, 2.05) is 11.8 Å². The number of hydrogen-bond donors (Lipinski definition) is 0. The Bertz CT molecular complexity index is 108. The Kier molecular flexibility index (Phi) is 3.81. The van der Waals surface area contributed by atoms with Crippen LogP contribution in [0.4, 0.5) is 0 Å². The van der Waals surface area contributed by atoms with E-state index < -0.39 is 0 Å². The van der Waals surface area contributed by atoms with Crippen molar-refractivity contribution in [1.29, 1.82) is 0 Å². The van der Waals surface area contributed by atoms with Crippen molar-refractivity contribution in [2.45, 2.75) is 31.4 Å². The minimum absolute atomic E-state index is 0.327. The Morgan fingerprint density at radius 1 is 1.56 bits per heavy atom. The van der Waals surface area contributed by atoms with E-state index in [9.17, 15) is 0 Å². The first-order chi connectivity index (χ1) is 4.12. The van der Waals surface area contributed by atoms with Gasteiger partial charge in [-0.2, -0.15) is 11.8 Å². The van der Waals surface area contributed by atoms with E-state index in [1.54, 1.807) is 0 Å². The zero-order valence-corrected chi connectivity index (χ0v) is 7.14. The summed E-state index contributed by atoms with van der Waals surface area (Å²) in [6.07, 6.45) is 10.6. The highest BCUT2D eigenvalue weighted by molar-refractivity contribution is 7.99. The molecule has 51 valence electrons. The highest BCUT2D eigenvalue weighted by Crippen LogP contribution is 2.25. The van der Waals surface area contributed by atoms with Gasteiger partial charge in [0, 0.05) is 11.2 Å². The maximum absolute atomic E-state index is 6.70. The van der Waals surface area contributed by atoms with Gasteiger partial charge in [-0.15, -0.1) is 0 Å². The minimum atomic E-state index is 0.327. The number of hydrogen-bond acceptors (Lipinski definition) is 1. The van der Waals surface area contributed by atoms with Crippen molar-refractivity contribution in [3.63, 3.8) is 0 Å². The molecule has 0 saturated heterocycles. The van der Waals surface area contributed by atoms with Crippen molar-refractivity contribution in [3.05, 3.63) is 6.42 Å². The lowest BCUT2D eigenvalue weighted by molar-refractivity contribution is 0.656. The Labute approximate surface area is 62.4 Å². The fourth-order valence-electron chi connectivity index (χ4n) is 0.466. The third-order valence-corrected chi connectivity index (χ3v) is 2.71. The highest BCUT2D eigenvalue weighted by Gasteiger charge is 2.13. The summed E-state index contributed by atoms with van der Waals surface area (Å²) in [7, 11) is 0. The monoisotopic (exact) mass is 141 g/mol. The van der Waals surface area contributed by atoms with E-state index >= 15 is 0 Å². The second kappa shape index (κ2) is 3.85. The number of thioether (sulfide) groups is 1. The molecule has 0 saturated carbocycles. The highest BCUT2D eigenvalue weighted by atomic mass is 32.2. The molecule has 1 heteroatoms. The van der Waals surface area contributed by atoms with Gasteiger partial charge in [0.2, 0.25) is 0 Å². The van der Waals surface area contributed by atoms with Crippen LogP contribution in [0, 0.1) is 12.3 Å². The topological polar surface area (TPSA) is 0 Å². The molecule has 0 aliphatic carbocycles. The molecule has 9 heavy (non-hydrogen) atoms. The summed E-state index contributed by atoms with van der Waals surface area (Å²) in [4.78, 5) is 0. The zero-order valence-electron chi connectivity index (χ0n) is 6.32. The van der Waals surface area contributed by atoms with Crippen LogP contribution in [-0.4, -0.2) is 11.0 Å². The van der Waals surface area contributed by atoms with Gasteiger partial charge in [0.1, 0.15) is 0 Å². The van der Waals surface area contributed by atoms with Crippen molar-refractivity contribution >= 4 is 11.8 Å². The average molecular weight is 141 g/mol. The third kappa shape index (κ3) is 4.42. The fraction of sp³-hybridized carbons (Fsp3) is 0.750. The van der Waals surface area contributed by atoms with Gasteiger partial charge < -0.3 is 0 Å². The summed E-state index contributed by atoms with van der Waals surface area (Å²) in [5, 5.41) is 0. The van der Waals surface area contributed by atoms with Crippen LogP contribution >= 0.6 is 11.8 Å². The number of rotatable bonds is 3. The van der Waals surface area contributed by atoms with Crippen molar-refractivity contribution in [2.75, 3.05) is 6.26 Å². The van der Waals surface area contributed by atoms with Gasteiger partial charge in [-0.1, -0.05) is 19.8 Å². The predicted octanol–water partition coefficient (Wildman–Crippen LogP) is 2.50. The first-order valence-corrected chi connectivity index (χ1v) is 4.29. The van der Waals surface area contributed by atoms with Crippen molar-refractivity contribution in [2.24, 2.45) is 0 Å². The molecular weight excluding hydrogens is 128 g/mol. The molecule has 0 N–H and O–H groups in total. The van der Waals surface area contributed by atoms with E-state index in [0.29, 0.717) is 4.75 Å². The normalized spacial score (nSPS) is 10.9. The molecule has 0 amide bonds. The molecule has 0 aromatic heterocycles. The van der Waals surface area contributed by atoms with Gasteiger partial charge in [-0.05, 0) is 19.1 Å². The second-order valence-corrected chi connectivity index (χ2v) is 4.15. The van der Waals surface area contributed by atoms with Gasteiger partial charge in [-0.25, -0.2) is 0 Å². The summed E-state index contributed by atoms with van der Waals surface area (Å²) in [6.45, 7) is 4.38. The van der Waals surface area contributed by atoms with Crippen LogP contribution in [-0.2, 0) is 0 Å². The summed E-state index contributed by atoms with van der Waals surface area (Å²) in [6, 6.07) is 0. The van der Waals surface area contributed by atoms with Crippen LogP contribution in [0.2, 0.25) is 0 Å². The molecule has 0 aliphatic rings. The summed E-state index contributed by atoms with van der Waals surface area (Å²) >= 11 is 1.84. The van der Waals surface area contributed by atoms with Crippen LogP contribution < -0.4 is 0 Å². The quantitative estimate of drug-likeness (QED) is 0.544. The summed E-state index contributed by atoms with van der Waals surface area (Å²) in [5.41, 5.74) is 0. The summed E-state index contributed by atoms with van der Waals surface area (Å²) in [5.74, 6) is 2.39. The van der Waals surface area contributed by atoms with Gasteiger partial charge in [0.05, 0.1) is 0 Å². The predicted molar refractivity (Wildman–Crippen MR) is 44.0 cm³/mol. The molecule has 0 rings (SSSR count). The standard InChI is InChI=1S/C8H13S/c1-5-6-7-8(2,3)9-4/h6-7H2,2-4H3. The Morgan fingerprint density at radius 3 is 2.44 bits per heavy atom. The van der Waals surface area contributed by atoms with Gasteiger partial charge >= 0.3 is 0 Å². The Hall–Kier alpha value is -0.0900. The molecule has 0 atom stereocenters. The van der Waals surface area contributed by atoms with Crippen molar-refractivity contribution < 1.29 is 0 Å². The van der Waals surface area contributed by atoms with E-state index in [0.717, 1.165) is 12.8 Å². The lowest BCUT2D eigenvalue weighted by Gasteiger charge is -2.19. The molecule has 0 spiro atoms. The van der Waals surface area contributed by atoms with Crippen LogP contribution in [0.1, 0.15) is 26.7 Å². The smallest absolute Gasteiger partial charge is 0.0112 e. The lowest BCUT2D eigenvalue weighted by atomic mass is 10.1. The van der Waals surface area contributed by atoms with E-state index in [-0.39, 0.29) is 0 Å². The molecule has 0 unspecified atom stereocenters. The van der Waals surface area contributed by atoms with Crippen LogP contribution in [0.3, 0.4) is 0 Å². The van der Waals surface area contributed by atoms with Crippen LogP contribution in [0.5, 0.6) is 0 Å². The molecular formula is C8H13S. The first kappa shape index (κ1) is 8.91. The van der Waals surface area contributed by atoms with E-state index in [4.69, 9.17) is 6.42 Å². The third-order valence-electron chi connectivity index (χ3n) is 1.40. The van der Waals surface area contributed by atoms with Crippen LogP contribution in [0.15, 0.2) is 0 Å². The molecule has 0 nitrogen and oxygen atoms in total. The summed E-state index contributed by atoms with van der Waals surface area (Å²) < 4.78 is 0.327. The Morgan fingerprint density at radius 2 is 2.11 bits per heavy atom. The molecule has 0 fully saturated rings. The molecule has 0 bridgehead atoms. The molecule has 0 aromatic carbocycles.